The molecule has 4 heteroatoms. The first-order valence-electron chi connectivity index (χ1n) is 5.78. The van der Waals surface area contributed by atoms with Crippen molar-refractivity contribution in [1.82, 2.24) is 0 Å². The second kappa shape index (κ2) is 8.53. The highest BCUT2D eigenvalue weighted by atomic mass is 32.2. The third kappa shape index (κ3) is 7.65. The van der Waals surface area contributed by atoms with Crippen molar-refractivity contribution < 1.29 is 13.0 Å². The van der Waals surface area contributed by atoms with Crippen molar-refractivity contribution in [2.45, 2.75) is 51.2 Å². The van der Waals surface area contributed by atoms with Gasteiger partial charge in [-0.3, -0.25) is 4.55 Å². The van der Waals surface area contributed by atoms with Crippen LogP contribution in [0.3, 0.4) is 0 Å². The lowest BCUT2D eigenvalue weighted by molar-refractivity contribution is 0.464. The van der Waals surface area contributed by atoms with E-state index in [0.29, 0.717) is 12.8 Å². The first-order chi connectivity index (χ1) is 7.52. The normalized spacial score (nSPS) is 14.9. The van der Waals surface area contributed by atoms with Crippen molar-refractivity contribution in [2.24, 2.45) is 0 Å². The van der Waals surface area contributed by atoms with Crippen LogP contribution in [0.2, 0.25) is 0 Å². The Hall–Kier alpha value is -0.610. The molecule has 16 heavy (non-hydrogen) atoms. The van der Waals surface area contributed by atoms with Crippen LogP contribution in [0.1, 0.15) is 46.0 Å². The fourth-order valence-electron chi connectivity index (χ4n) is 1.34. The van der Waals surface area contributed by atoms with Crippen LogP contribution < -0.4 is 0 Å². The van der Waals surface area contributed by atoms with Crippen LogP contribution in [0.15, 0.2) is 24.3 Å². The summed E-state index contributed by atoms with van der Waals surface area (Å²) < 4.78 is 30.6. The van der Waals surface area contributed by atoms with E-state index in [4.69, 9.17) is 4.55 Å². The second-order valence-corrected chi connectivity index (χ2v) is 5.41. The van der Waals surface area contributed by atoms with Gasteiger partial charge in [-0.25, -0.2) is 0 Å². The van der Waals surface area contributed by atoms with Gasteiger partial charge in [0.25, 0.3) is 10.1 Å². The van der Waals surface area contributed by atoms with E-state index in [-0.39, 0.29) is 0 Å². The van der Waals surface area contributed by atoms with Crippen molar-refractivity contribution in [2.75, 3.05) is 0 Å². The zero-order chi connectivity index (χ0) is 12.4. The molecule has 0 fully saturated rings. The van der Waals surface area contributed by atoms with E-state index >= 15 is 0 Å². The smallest absolute Gasteiger partial charge is 0.268 e. The molecule has 0 aromatic carbocycles. The van der Waals surface area contributed by atoms with E-state index in [2.05, 4.69) is 19.1 Å². The molecule has 0 radical (unpaired) electrons. The molecule has 1 N–H and O–H groups in total. The van der Waals surface area contributed by atoms with Gasteiger partial charge < -0.3 is 0 Å². The minimum Gasteiger partial charge on any atom is -0.285 e. The van der Waals surface area contributed by atoms with Crippen LogP contribution in [0.5, 0.6) is 0 Å². The van der Waals surface area contributed by atoms with Gasteiger partial charge in [0.1, 0.15) is 0 Å². The summed E-state index contributed by atoms with van der Waals surface area (Å²) in [5.41, 5.74) is 0. The molecule has 0 rings (SSSR count). The summed E-state index contributed by atoms with van der Waals surface area (Å²) in [5.74, 6) is 0. The molecule has 0 aliphatic heterocycles. The van der Waals surface area contributed by atoms with Gasteiger partial charge in [-0.1, -0.05) is 38.2 Å². The van der Waals surface area contributed by atoms with Crippen LogP contribution in [0.4, 0.5) is 0 Å². The number of rotatable bonds is 8. The molecule has 0 aliphatic carbocycles. The van der Waals surface area contributed by atoms with Crippen LogP contribution in [-0.2, 0) is 10.1 Å². The Morgan fingerprint density at radius 3 is 2.06 bits per heavy atom. The van der Waals surface area contributed by atoms with E-state index in [1.54, 1.807) is 6.92 Å². The van der Waals surface area contributed by atoms with E-state index in [1.165, 1.54) is 0 Å². The Morgan fingerprint density at radius 1 is 1.06 bits per heavy atom. The minimum atomic E-state index is -3.88. The Balaban J connectivity index is 3.86. The predicted octanol–water partition coefficient (Wildman–Crippen LogP) is 3.35. The SMILES string of the molecule is CC/C=C\CC/C=C\CC(CC)S(=O)(=O)O. The molecule has 0 aliphatic rings. The molecule has 94 valence electrons. The lowest BCUT2D eigenvalue weighted by Crippen LogP contribution is -2.18. The molecule has 0 saturated heterocycles. The molecule has 0 aromatic rings. The summed E-state index contributed by atoms with van der Waals surface area (Å²) in [7, 11) is -3.88. The molecule has 1 unspecified atom stereocenters. The molecule has 1 atom stereocenters. The summed E-state index contributed by atoms with van der Waals surface area (Å²) in [5, 5.41) is -0.657. The minimum absolute atomic E-state index is 0.396. The Morgan fingerprint density at radius 2 is 1.62 bits per heavy atom. The number of hydrogen-bond donors (Lipinski definition) is 1. The second-order valence-electron chi connectivity index (χ2n) is 3.71. The van der Waals surface area contributed by atoms with Crippen LogP contribution >= 0.6 is 0 Å². The van der Waals surface area contributed by atoms with Crippen molar-refractivity contribution in [3.8, 4) is 0 Å². The maximum Gasteiger partial charge on any atom is 0.268 e. The summed E-state index contributed by atoms with van der Waals surface area (Å²) in [6.07, 6.45) is 11.8. The van der Waals surface area contributed by atoms with E-state index in [0.717, 1.165) is 19.3 Å². The quantitative estimate of drug-likeness (QED) is 0.406. The van der Waals surface area contributed by atoms with Gasteiger partial charge in [-0.2, -0.15) is 8.42 Å². The first-order valence-corrected chi connectivity index (χ1v) is 7.29. The van der Waals surface area contributed by atoms with Gasteiger partial charge >= 0.3 is 0 Å². The molecular formula is C12H22O3S. The van der Waals surface area contributed by atoms with Gasteiger partial charge in [0, 0.05) is 0 Å². The molecule has 0 heterocycles. The molecule has 0 amide bonds. The third-order valence-corrected chi connectivity index (χ3v) is 3.71. The van der Waals surface area contributed by atoms with Crippen LogP contribution in [-0.4, -0.2) is 18.2 Å². The molecule has 3 nitrogen and oxygen atoms in total. The fourth-order valence-corrected chi connectivity index (χ4v) is 2.12. The van der Waals surface area contributed by atoms with E-state index < -0.39 is 15.4 Å². The summed E-state index contributed by atoms with van der Waals surface area (Å²) in [4.78, 5) is 0. The molecular weight excluding hydrogens is 224 g/mol. The summed E-state index contributed by atoms with van der Waals surface area (Å²) >= 11 is 0. The van der Waals surface area contributed by atoms with Gasteiger partial charge in [-0.05, 0) is 32.1 Å². The average molecular weight is 246 g/mol. The van der Waals surface area contributed by atoms with Crippen molar-refractivity contribution in [1.29, 1.82) is 0 Å². The molecule has 0 spiro atoms. The third-order valence-electron chi connectivity index (χ3n) is 2.34. The number of hydrogen-bond acceptors (Lipinski definition) is 2. The fraction of sp³-hybridized carbons (Fsp3) is 0.667. The average Bonchev–Trinajstić information content (AvgIpc) is 2.20. The highest BCUT2D eigenvalue weighted by Gasteiger charge is 2.18. The largest absolute Gasteiger partial charge is 0.285 e. The molecule has 0 aromatic heterocycles. The lowest BCUT2D eigenvalue weighted by Gasteiger charge is -2.07. The van der Waals surface area contributed by atoms with E-state index in [9.17, 15) is 8.42 Å². The van der Waals surface area contributed by atoms with Gasteiger partial charge in [-0.15, -0.1) is 0 Å². The van der Waals surface area contributed by atoms with Gasteiger partial charge in [0.2, 0.25) is 0 Å². The van der Waals surface area contributed by atoms with Crippen molar-refractivity contribution in [3.63, 3.8) is 0 Å². The monoisotopic (exact) mass is 246 g/mol. The maximum absolute atomic E-state index is 10.9. The first kappa shape index (κ1) is 15.4. The zero-order valence-electron chi connectivity index (χ0n) is 10.1. The summed E-state index contributed by atoms with van der Waals surface area (Å²) in [6, 6.07) is 0. The van der Waals surface area contributed by atoms with Gasteiger partial charge in [0.15, 0.2) is 0 Å². The van der Waals surface area contributed by atoms with Crippen molar-refractivity contribution in [3.05, 3.63) is 24.3 Å². The van der Waals surface area contributed by atoms with E-state index in [1.807, 2.05) is 12.2 Å². The van der Waals surface area contributed by atoms with Crippen LogP contribution in [0.25, 0.3) is 0 Å². The topological polar surface area (TPSA) is 54.4 Å². The predicted molar refractivity (Wildman–Crippen MR) is 68.0 cm³/mol. The molecule has 0 bridgehead atoms. The Kier molecular flexibility index (Phi) is 8.21. The highest BCUT2D eigenvalue weighted by Crippen LogP contribution is 2.09. The highest BCUT2D eigenvalue weighted by molar-refractivity contribution is 7.86. The Bertz CT molecular complexity index is 315. The number of allylic oxidation sites excluding steroid dienone is 4. The summed E-state index contributed by atoms with van der Waals surface area (Å²) in [6.45, 7) is 3.85. The lowest BCUT2D eigenvalue weighted by atomic mass is 10.2. The standard InChI is InChI=1S/C12H22O3S/c1-3-5-6-7-8-9-10-11-12(4-2)16(13,14)15/h5-6,9-10,12H,3-4,7-8,11H2,1-2H3,(H,13,14,15)/b6-5-,10-9-. The Labute approximate surface area is 99.0 Å². The van der Waals surface area contributed by atoms with Crippen molar-refractivity contribution >= 4 is 10.1 Å². The van der Waals surface area contributed by atoms with Crippen LogP contribution in [0, 0.1) is 0 Å². The zero-order valence-corrected chi connectivity index (χ0v) is 10.9. The molecule has 0 saturated carbocycles. The van der Waals surface area contributed by atoms with Gasteiger partial charge in [0.05, 0.1) is 5.25 Å². The maximum atomic E-state index is 10.9. The number of unbranched alkanes of at least 4 members (excludes halogenated alkanes) is 1.